The molecule has 6 heteroatoms. The van der Waals surface area contributed by atoms with Crippen LogP contribution in [0.25, 0.3) is 0 Å². The zero-order chi connectivity index (χ0) is 10.8. The van der Waals surface area contributed by atoms with Gasteiger partial charge in [0.15, 0.2) is 0 Å². The Balaban J connectivity index is 2.14. The summed E-state index contributed by atoms with van der Waals surface area (Å²) in [4.78, 5) is 10.2. The van der Waals surface area contributed by atoms with Gasteiger partial charge in [-0.25, -0.2) is 0 Å². The van der Waals surface area contributed by atoms with Gasteiger partial charge in [-0.05, 0) is 22.0 Å². The summed E-state index contributed by atoms with van der Waals surface area (Å²) in [5.74, 6) is 0.472. The molecule has 2 rings (SSSR count). The second kappa shape index (κ2) is 4.16. The molecule has 0 amide bonds. The molecular weight excluding hydrogens is 266 g/mol. The minimum absolute atomic E-state index is 0.00390. The van der Waals surface area contributed by atoms with E-state index in [9.17, 15) is 10.1 Å². The van der Waals surface area contributed by atoms with Crippen molar-refractivity contribution in [3.63, 3.8) is 0 Å². The fraction of sp³-hybridized carbons (Fsp3) is 0.333. The van der Waals surface area contributed by atoms with Gasteiger partial charge in [0.25, 0.3) is 5.69 Å². The molecule has 1 aromatic rings. The molecule has 0 bridgehead atoms. The molecular formula is C9H8BrNO4. The second-order valence-corrected chi connectivity index (χ2v) is 3.91. The zero-order valence-corrected chi connectivity index (χ0v) is 9.27. The molecule has 0 aliphatic carbocycles. The average Bonchev–Trinajstić information content (AvgIpc) is 2.99. The van der Waals surface area contributed by atoms with Crippen LogP contribution in [0.3, 0.4) is 0 Å². The molecule has 1 unspecified atom stereocenters. The van der Waals surface area contributed by atoms with Crippen LogP contribution in [0.15, 0.2) is 22.7 Å². The molecule has 1 saturated heterocycles. The summed E-state index contributed by atoms with van der Waals surface area (Å²) in [7, 11) is 0. The lowest BCUT2D eigenvalue weighted by Crippen LogP contribution is -2.04. The lowest BCUT2D eigenvalue weighted by atomic mass is 10.3. The van der Waals surface area contributed by atoms with Crippen LogP contribution in [0.5, 0.6) is 5.75 Å². The van der Waals surface area contributed by atoms with E-state index in [-0.39, 0.29) is 11.8 Å². The summed E-state index contributed by atoms with van der Waals surface area (Å²) in [5, 5.41) is 10.6. The normalized spacial score (nSPS) is 18.6. The summed E-state index contributed by atoms with van der Waals surface area (Å²) in [6.45, 7) is 1.13. The highest BCUT2D eigenvalue weighted by Crippen LogP contribution is 2.34. The van der Waals surface area contributed by atoms with Gasteiger partial charge in [-0.3, -0.25) is 10.1 Å². The maximum Gasteiger partial charge on any atom is 0.287 e. The van der Waals surface area contributed by atoms with Gasteiger partial charge in [-0.1, -0.05) is 6.07 Å². The molecule has 1 atom stereocenters. The Morgan fingerprint density at radius 3 is 3.00 bits per heavy atom. The monoisotopic (exact) mass is 273 g/mol. The van der Waals surface area contributed by atoms with Crippen molar-refractivity contribution in [1.82, 2.24) is 0 Å². The van der Waals surface area contributed by atoms with E-state index < -0.39 is 4.92 Å². The van der Waals surface area contributed by atoms with Crippen LogP contribution in [0.4, 0.5) is 5.69 Å². The second-order valence-electron chi connectivity index (χ2n) is 3.11. The highest BCUT2D eigenvalue weighted by atomic mass is 79.9. The van der Waals surface area contributed by atoms with E-state index in [2.05, 4.69) is 15.9 Å². The third-order valence-electron chi connectivity index (χ3n) is 1.97. The van der Waals surface area contributed by atoms with Gasteiger partial charge < -0.3 is 9.47 Å². The Bertz CT molecular complexity index is 392. The summed E-state index contributed by atoms with van der Waals surface area (Å²) in [6, 6.07) is 4.69. The Kier molecular flexibility index (Phi) is 2.88. The lowest BCUT2D eigenvalue weighted by molar-refractivity contribution is -0.385. The minimum atomic E-state index is -0.454. The Morgan fingerprint density at radius 1 is 1.67 bits per heavy atom. The van der Waals surface area contributed by atoms with Gasteiger partial charge in [0.2, 0.25) is 0 Å². The smallest absolute Gasteiger partial charge is 0.287 e. The Labute approximate surface area is 94.3 Å². The molecule has 15 heavy (non-hydrogen) atoms. The highest BCUT2D eigenvalue weighted by Gasteiger charge is 2.24. The molecule has 0 saturated carbocycles. The van der Waals surface area contributed by atoms with Crippen molar-refractivity contribution < 1.29 is 14.4 Å². The van der Waals surface area contributed by atoms with E-state index in [1.165, 1.54) is 6.07 Å². The summed E-state index contributed by atoms with van der Waals surface area (Å²) in [6.07, 6.45) is 0.135. The first-order valence-corrected chi connectivity index (χ1v) is 5.15. The van der Waals surface area contributed by atoms with Gasteiger partial charge in [-0.15, -0.1) is 0 Å². The quantitative estimate of drug-likeness (QED) is 0.479. The molecule has 0 N–H and O–H groups in total. The predicted octanol–water partition coefficient (Wildman–Crippen LogP) is 2.13. The van der Waals surface area contributed by atoms with Crippen LogP contribution < -0.4 is 4.74 Å². The number of benzene rings is 1. The third-order valence-corrected chi connectivity index (χ3v) is 2.76. The van der Waals surface area contributed by atoms with Crippen molar-refractivity contribution in [3.8, 4) is 5.75 Å². The van der Waals surface area contributed by atoms with Crippen LogP contribution in [0.1, 0.15) is 0 Å². The largest absolute Gasteiger partial charge is 0.489 e. The Hall–Kier alpha value is -1.14. The van der Waals surface area contributed by atoms with Crippen LogP contribution in [-0.2, 0) is 4.74 Å². The van der Waals surface area contributed by atoms with Crippen molar-refractivity contribution in [2.75, 3.05) is 13.2 Å². The first-order valence-electron chi connectivity index (χ1n) is 4.36. The Morgan fingerprint density at radius 2 is 2.40 bits per heavy atom. The molecule has 1 aromatic carbocycles. The third kappa shape index (κ3) is 2.45. The number of halogens is 1. The van der Waals surface area contributed by atoms with Crippen LogP contribution in [-0.4, -0.2) is 24.2 Å². The molecule has 80 valence electrons. The predicted molar refractivity (Wildman–Crippen MR) is 56.0 cm³/mol. The van der Waals surface area contributed by atoms with E-state index in [1.807, 2.05) is 0 Å². The summed E-state index contributed by atoms with van der Waals surface area (Å²) < 4.78 is 10.7. The molecule has 0 radical (unpaired) electrons. The topological polar surface area (TPSA) is 64.9 Å². The number of hydrogen-bond acceptors (Lipinski definition) is 4. The fourth-order valence-electron chi connectivity index (χ4n) is 1.10. The van der Waals surface area contributed by atoms with E-state index >= 15 is 0 Å². The molecule has 0 aromatic heterocycles. The number of hydrogen-bond donors (Lipinski definition) is 0. The van der Waals surface area contributed by atoms with E-state index in [4.69, 9.17) is 9.47 Å². The molecule has 1 heterocycles. The molecule has 0 spiro atoms. The first-order chi connectivity index (χ1) is 7.18. The summed E-state index contributed by atoms with van der Waals surface area (Å²) in [5.41, 5.74) is 0.00390. The SMILES string of the molecule is O=[N+]([O-])c1cccc(OCC2CO2)c1Br. The molecule has 1 aliphatic rings. The van der Waals surface area contributed by atoms with Crippen molar-refractivity contribution in [2.24, 2.45) is 0 Å². The average molecular weight is 274 g/mol. The zero-order valence-electron chi connectivity index (χ0n) is 7.68. The van der Waals surface area contributed by atoms with Gasteiger partial charge >= 0.3 is 0 Å². The maximum absolute atomic E-state index is 10.6. The van der Waals surface area contributed by atoms with Crippen molar-refractivity contribution in [3.05, 3.63) is 32.8 Å². The van der Waals surface area contributed by atoms with Crippen molar-refractivity contribution in [1.29, 1.82) is 0 Å². The maximum atomic E-state index is 10.6. The number of nitro benzene ring substituents is 1. The minimum Gasteiger partial charge on any atom is -0.489 e. The van der Waals surface area contributed by atoms with E-state index in [0.717, 1.165) is 0 Å². The van der Waals surface area contributed by atoms with Gasteiger partial charge in [0.1, 0.15) is 22.9 Å². The fourth-order valence-corrected chi connectivity index (χ4v) is 1.62. The summed E-state index contributed by atoms with van der Waals surface area (Å²) >= 11 is 3.14. The molecule has 1 fully saturated rings. The molecule has 1 aliphatic heterocycles. The highest BCUT2D eigenvalue weighted by molar-refractivity contribution is 9.10. The van der Waals surface area contributed by atoms with Crippen molar-refractivity contribution >= 4 is 21.6 Å². The van der Waals surface area contributed by atoms with Gasteiger partial charge in [0, 0.05) is 6.07 Å². The number of rotatable bonds is 4. The number of nitro groups is 1. The van der Waals surface area contributed by atoms with Crippen molar-refractivity contribution in [2.45, 2.75) is 6.10 Å². The number of ether oxygens (including phenoxy) is 2. The first kappa shape index (κ1) is 10.4. The van der Waals surface area contributed by atoms with E-state index in [1.54, 1.807) is 12.1 Å². The van der Waals surface area contributed by atoms with Gasteiger partial charge in [0.05, 0.1) is 11.5 Å². The number of epoxide rings is 1. The van der Waals surface area contributed by atoms with Gasteiger partial charge in [-0.2, -0.15) is 0 Å². The van der Waals surface area contributed by atoms with Crippen LogP contribution in [0.2, 0.25) is 0 Å². The van der Waals surface area contributed by atoms with Crippen LogP contribution >= 0.6 is 15.9 Å². The standard InChI is InChI=1S/C9H8BrNO4/c10-9-7(11(12)13)2-1-3-8(9)15-5-6-4-14-6/h1-3,6H,4-5H2. The van der Waals surface area contributed by atoms with Crippen LogP contribution in [0, 0.1) is 10.1 Å². The lowest BCUT2D eigenvalue weighted by Gasteiger charge is -2.06. The molecule has 5 nitrogen and oxygen atoms in total. The number of nitrogens with zero attached hydrogens (tertiary/aromatic N) is 1. The van der Waals surface area contributed by atoms with E-state index in [0.29, 0.717) is 23.4 Å².